The van der Waals surface area contributed by atoms with Crippen LogP contribution in [0.4, 0.5) is 4.79 Å². The lowest BCUT2D eigenvalue weighted by Crippen LogP contribution is -2.37. The topological polar surface area (TPSA) is 92.8 Å². The second-order valence-electron chi connectivity index (χ2n) is 5.58. The molecule has 1 heterocycles. The van der Waals surface area contributed by atoms with E-state index in [1.165, 1.54) is 7.11 Å². The fourth-order valence-corrected chi connectivity index (χ4v) is 3.15. The average Bonchev–Trinajstić information content (AvgIpc) is 2.91. The molecular formula is C17H20N2O5S. The molecule has 0 bridgehead atoms. The van der Waals surface area contributed by atoms with Gasteiger partial charge in [-0.15, -0.1) is 0 Å². The van der Waals surface area contributed by atoms with E-state index in [0.29, 0.717) is 11.3 Å². The number of imide groups is 1. The van der Waals surface area contributed by atoms with Crippen molar-refractivity contribution in [2.75, 3.05) is 26.0 Å². The number of carbonyl (C=O) groups excluding carboxylic acids is 4. The molecule has 0 aromatic heterocycles. The van der Waals surface area contributed by atoms with Crippen LogP contribution in [0.1, 0.15) is 28.8 Å². The van der Waals surface area contributed by atoms with Crippen LogP contribution in [-0.2, 0) is 9.59 Å². The molecule has 1 N–H and O–H groups in total. The van der Waals surface area contributed by atoms with Crippen molar-refractivity contribution < 1.29 is 23.9 Å². The highest BCUT2D eigenvalue weighted by molar-refractivity contribution is 8.14. The molecule has 134 valence electrons. The van der Waals surface area contributed by atoms with Crippen LogP contribution in [0.3, 0.4) is 0 Å². The number of amides is 3. The normalized spacial score (nSPS) is 13.9. The van der Waals surface area contributed by atoms with Gasteiger partial charge in [0.15, 0.2) is 5.78 Å². The van der Waals surface area contributed by atoms with Gasteiger partial charge < -0.3 is 10.1 Å². The summed E-state index contributed by atoms with van der Waals surface area (Å²) in [6, 6.07) is 5.31. The molecule has 8 heteroatoms. The van der Waals surface area contributed by atoms with Gasteiger partial charge in [-0.1, -0.05) is 23.4 Å². The molecular weight excluding hydrogens is 344 g/mol. The van der Waals surface area contributed by atoms with Gasteiger partial charge in [0.2, 0.25) is 11.8 Å². The summed E-state index contributed by atoms with van der Waals surface area (Å²) in [6.45, 7) is 2.21. The highest BCUT2D eigenvalue weighted by atomic mass is 32.2. The van der Waals surface area contributed by atoms with Crippen molar-refractivity contribution in [1.82, 2.24) is 10.2 Å². The molecule has 1 fully saturated rings. The third-order valence-electron chi connectivity index (χ3n) is 3.73. The van der Waals surface area contributed by atoms with E-state index in [4.69, 9.17) is 4.74 Å². The number of methoxy groups -OCH3 is 1. The molecule has 7 nitrogen and oxygen atoms in total. The summed E-state index contributed by atoms with van der Waals surface area (Å²) in [6.07, 6.45) is 0.0929. The minimum Gasteiger partial charge on any atom is -0.496 e. The number of ether oxygens (including phenoxy) is 1. The Hall–Kier alpha value is -2.35. The summed E-state index contributed by atoms with van der Waals surface area (Å²) in [4.78, 5) is 48.1. The first kappa shape index (κ1) is 19.0. The first-order chi connectivity index (χ1) is 11.9. The highest BCUT2D eigenvalue weighted by Gasteiger charge is 2.29. The number of thioether (sulfide) groups is 1. The Balaban J connectivity index is 1.78. The summed E-state index contributed by atoms with van der Waals surface area (Å²) in [5, 5.41) is 2.33. The van der Waals surface area contributed by atoms with Crippen LogP contribution in [0.5, 0.6) is 5.75 Å². The van der Waals surface area contributed by atoms with Crippen LogP contribution in [0, 0.1) is 6.92 Å². The highest BCUT2D eigenvalue weighted by Crippen LogP contribution is 2.21. The van der Waals surface area contributed by atoms with Crippen molar-refractivity contribution in [3.8, 4) is 5.75 Å². The number of Topliss-reactive ketones (excluding diaryl/α,β-unsaturated/α-hetero) is 1. The fourth-order valence-electron chi connectivity index (χ4n) is 2.39. The molecule has 0 atom stereocenters. The summed E-state index contributed by atoms with van der Waals surface area (Å²) in [7, 11) is 1.49. The standard InChI is InChI=1S/C17H20N2O5S/c1-11-3-5-14(24-2)12(9-11)13(20)4-6-15(21)18-7-8-19-16(22)10-25-17(19)23/h3,5,9H,4,6-8,10H2,1-2H3,(H,18,21). The van der Waals surface area contributed by atoms with Crippen LogP contribution in [-0.4, -0.2) is 53.7 Å². The fraction of sp³-hybridized carbons (Fsp3) is 0.412. The largest absolute Gasteiger partial charge is 0.496 e. The number of carbonyl (C=O) groups is 4. The third kappa shape index (κ3) is 5.06. The molecule has 1 saturated heterocycles. The summed E-state index contributed by atoms with van der Waals surface area (Å²) in [5.74, 6) is -0.0752. The van der Waals surface area contributed by atoms with Gasteiger partial charge in [0.25, 0.3) is 5.24 Å². The molecule has 0 saturated carbocycles. The van der Waals surface area contributed by atoms with Crippen molar-refractivity contribution in [1.29, 1.82) is 0 Å². The van der Waals surface area contributed by atoms with E-state index in [2.05, 4.69) is 5.32 Å². The Morgan fingerprint density at radius 2 is 2.04 bits per heavy atom. The predicted molar refractivity (Wildman–Crippen MR) is 93.9 cm³/mol. The molecule has 1 aromatic rings. The molecule has 0 unspecified atom stereocenters. The molecule has 0 spiro atoms. The van der Waals surface area contributed by atoms with Crippen molar-refractivity contribution in [3.05, 3.63) is 29.3 Å². The maximum atomic E-state index is 12.3. The van der Waals surface area contributed by atoms with Crippen molar-refractivity contribution in [2.24, 2.45) is 0 Å². The second-order valence-corrected chi connectivity index (χ2v) is 6.50. The van der Waals surface area contributed by atoms with Crippen molar-refractivity contribution in [2.45, 2.75) is 19.8 Å². The number of aryl methyl sites for hydroxylation is 1. The van der Waals surface area contributed by atoms with Crippen LogP contribution < -0.4 is 10.1 Å². The van der Waals surface area contributed by atoms with E-state index in [1.807, 2.05) is 13.0 Å². The van der Waals surface area contributed by atoms with Gasteiger partial charge in [-0.2, -0.15) is 0 Å². The molecule has 3 amide bonds. The predicted octanol–water partition coefficient (Wildman–Crippen LogP) is 1.78. The van der Waals surface area contributed by atoms with Crippen molar-refractivity contribution in [3.63, 3.8) is 0 Å². The zero-order valence-electron chi connectivity index (χ0n) is 14.2. The van der Waals surface area contributed by atoms with Crippen LogP contribution >= 0.6 is 11.8 Å². The first-order valence-corrected chi connectivity index (χ1v) is 8.82. The third-order valence-corrected chi connectivity index (χ3v) is 4.59. The Kier molecular flexibility index (Phi) is 6.58. The van der Waals surface area contributed by atoms with Crippen molar-refractivity contribution >= 4 is 34.6 Å². The lowest BCUT2D eigenvalue weighted by Gasteiger charge is -2.13. The number of ketones is 1. The Morgan fingerprint density at radius 3 is 2.68 bits per heavy atom. The van der Waals surface area contributed by atoms with Crippen LogP contribution in [0.15, 0.2) is 18.2 Å². The van der Waals surface area contributed by atoms with Gasteiger partial charge in [-0.05, 0) is 19.1 Å². The molecule has 0 radical (unpaired) electrons. The zero-order valence-corrected chi connectivity index (χ0v) is 15.0. The maximum absolute atomic E-state index is 12.3. The molecule has 2 rings (SSSR count). The quantitative estimate of drug-likeness (QED) is 0.707. The van der Waals surface area contributed by atoms with Gasteiger partial charge in [0.05, 0.1) is 18.4 Å². The van der Waals surface area contributed by atoms with E-state index < -0.39 is 0 Å². The van der Waals surface area contributed by atoms with E-state index in [-0.39, 0.29) is 54.5 Å². The zero-order chi connectivity index (χ0) is 18.4. The number of nitrogens with zero attached hydrogens (tertiary/aromatic N) is 1. The number of hydrogen-bond acceptors (Lipinski definition) is 6. The second kappa shape index (κ2) is 8.66. The van der Waals surface area contributed by atoms with E-state index in [9.17, 15) is 19.2 Å². The minimum atomic E-state index is -0.299. The Labute approximate surface area is 150 Å². The molecule has 1 aliphatic rings. The van der Waals surface area contributed by atoms with Gasteiger partial charge in [-0.3, -0.25) is 24.1 Å². The lowest BCUT2D eigenvalue weighted by molar-refractivity contribution is -0.125. The maximum Gasteiger partial charge on any atom is 0.288 e. The van der Waals surface area contributed by atoms with Crippen LogP contribution in [0.2, 0.25) is 0 Å². The Bertz CT molecular complexity index is 688. The van der Waals surface area contributed by atoms with Gasteiger partial charge in [-0.25, -0.2) is 0 Å². The number of nitrogens with one attached hydrogen (secondary N) is 1. The number of rotatable bonds is 8. The van der Waals surface area contributed by atoms with Gasteiger partial charge in [0, 0.05) is 25.9 Å². The number of hydrogen-bond donors (Lipinski definition) is 1. The van der Waals surface area contributed by atoms with Gasteiger partial charge in [0.1, 0.15) is 5.75 Å². The number of benzene rings is 1. The van der Waals surface area contributed by atoms with E-state index >= 15 is 0 Å². The minimum absolute atomic E-state index is 0.0343. The SMILES string of the molecule is COc1ccc(C)cc1C(=O)CCC(=O)NCCN1C(=O)CSC1=O. The van der Waals surface area contributed by atoms with E-state index in [1.54, 1.807) is 12.1 Å². The average molecular weight is 364 g/mol. The summed E-state index contributed by atoms with van der Waals surface area (Å²) < 4.78 is 5.18. The monoisotopic (exact) mass is 364 g/mol. The molecule has 1 aromatic carbocycles. The lowest BCUT2D eigenvalue weighted by atomic mass is 10.0. The molecule has 25 heavy (non-hydrogen) atoms. The van der Waals surface area contributed by atoms with Crippen LogP contribution in [0.25, 0.3) is 0 Å². The molecule has 1 aliphatic heterocycles. The van der Waals surface area contributed by atoms with E-state index in [0.717, 1.165) is 22.2 Å². The summed E-state index contributed by atoms with van der Waals surface area (Å²) in [5.41, 5.74) is 1.40. The Morgan fingerprint density at radius 1 is 1.28 bits per heavy atom. The van der Waals surface area contributed by atoms with Gasteiger partial charge >= 0.3 is 0 Å². The smallest absolute Gasteiger partial charge is 0.288 e. The summed E-state index contributed by atoms with van der Waals surface area (Å²) >= 11 is 0.957. The first-order valence-electron chi connectivity index (χ1n) is 7.84. The molecule has 0 aliphatic carbocycles.